The summed E-state index contributed by atoms with van der Waals surface area (Å²) in [5.41, 5.74) is 27.4. The average Bonchev–Trinajstić information content (AvgIpc) is 3.27. The third kappa shape index (κ3) is 4.07. The Morgan fingerprint density at radius 2 is 0.766 bits per heavy atom. The van der Waals surface area contributed by atoms with E-state index in [1.165, 1.54) is 137 Å². The first-order valence-electron chi connectivity index (χ1n) is 17.4. The average molecular weight is 607 g/mol. The van der Waals surface area contributed by atoms with Crippen molar-refractivity contribution in [1.29, 1.82) is 0 Å². The molecule has 0 unspecified atom stereocenters. The van der Waals surface area contributed by atoms with Crippen molar-refractivity contribution in [2.24, 2.45) is 0 Å². The van der Waals surface area contributed by atoms with Crippen molar-refractivity contribution < 1.29 is 0 Å². The molecule has 230 valence electrons. The molecule has 9 rings (SSSR count). The van der Waals surface area contributed by atoms with E-state index in [2.05, 4.69) is 139 Å². The van der Waals surface area contributed by atoms with Crippen LogP contribution < -0.4 is 0 Å². The van der Waals surface area contributed by atoms with Crippen molar-refractivity contribution in [1.82, 2.24) is 0 Å². The van der Waals surface area contributed by atoms with Crippen LogP contribution in [0, 0.1) is 41.5 Å². The molecule has 0 aliphatic heterocycles. The van der Waals surface area contributed by atoms with Crippen molar-refractivity contribution >= 4 is 0 Å². The second-order valence-corrected chi connectivity index (χ2v) is 14.8. The molecule has 0 atom stereocenters. The zero-order chi connectivity index (χ0) is 32.2. The molecule has 6 aromatic rings. The third-order valence-corrected chi connectivity index (χ3v) is 11.7. The van der Waals surface area contributed by atoms with Crippen LogP contribution >= 0.6 is 0 Å². The molecule has 0 heterocycles. The molecule has 0 saturated carbocycles. The Morgan fingerprint density at radius 1 is 0.383 bits per heavy atom. The highest BCUT2D eigenvalue weighted by molar-refractivity contribution is 5.91. The summed E-state index contributed by atoms with van der Waals surface area (Å²) in [6.07, 6.45) is 4.74. The predicted octanol–water partition coefficient (Wildman–Crippen LogP) is 11.4. The third-order valence-electron chi connectivity index (χ3n) is 11.7. The number of hydrogen-bond donors (Lipinski definition) is 0. The summed E-state index contributed by atoms with van der Waals surface area (Å²) in [7, 11) is 0. The molecule has 0 saturated heterocycles. The molecule has 0 aromatic heterocycles. The number of fused-ring (bicyclic) bond motifs is 5. The Kier molecular flexibility index (Phi) is 6.17. The van der Waals surface area contributed by atoms with Crippen molar-refractivity contribution in [2.75, 3.05) is 0 Å². The minimum Gasteiger partial charge on any atom is -0.0584 e. The van der Waals surface area contributed by atoms with Gasteiger partial charge in [-0.3, -0.25) is 0 Å². The fraction of sp³-hybridized carbons (Fsp3) is 0.234. The van der Waals surface area contributed by atoms with E-state index in [0.29, 0.717) is 0 Å². The number of hydrogen-bond acceptors (Lipinski definition) is 0. The lowest BCUT2D eigenvalue weighted by atomic mass is 9.65. The minimum atomic E-state index is -0.412. The minimum absolute atomic E-state index is 0.412. The summed E-state index contributed by atoms with van der Waals surface area (Å²) >= 11 is 0. The van der Waals surface area contributed by atoms with E-state index in [1.54, 1.807) is 0 Å². The lowest BCUT2D eigenvalue weighted by molar-refractivity contribution is 0.740. The monoisotopic (exact) mass is 606 g/mol. The van der Waals surface area contributed by atoms with E-state index in [0.717, 1.165) is 0 Å². The molecule has 0 radical (unpaired) electrons. The molecule has 0 nitrogen and oxygen atoms in total. The highest BCUT2D eigenvalue weighted by Gasteiger charge is 2.47. The predicted molar refractivity (Wildman–Crippen MR) is 198 cm³/mol. The first kappa shape index (κ1) is 28.5. The highest BCUT2D eigenvalue weighted by Crippen LogP contribution is 2.58. The van der Waals surface area contributed by atoms with Gasteiger partial charge in [-0.1, -0.05) is 96.1 Å². The smallest absolute Gasteiger partial charge is 0.0584 e. The zero-order valence-corrected chi connectivity index (χ0v) is 28.6. The van der Waals surface area contributed by atoms with Crippen LogP contribution in [0.3, 0.4) is 0 Å². The lowest BCUT2D eigenvalue weighted by Gasteiger charge is -2.37. The normalized spacial score (nSPS) is 14.9. The molecule has 0 heteroatoms. The van der Waals surface area contributed by atoms with Crippen LogP contribution in [0.2, 0.25) is 0 Å². The van der Waals surface area contributed by atoms with Gasteiger partial charge in [0.2, 0.25) is 0 Å². The van der Waals surface area contributed by atoms with Crippen molar-refractivity contribution in [3.8, 4) is 33.4 Å². The molecule has 0 N–H and O–H groups in total. The van der Waals surface area contributed by atoms with Gasteiger partial charge in [0.25, 0.3) is 0 Å². The Labute approximate surface area is 280 Å². The number of aryl methyl sites for hydroxylation is 10. The lowest BCUT2D eigenvalue weighted by Crippen LogP contribution is -2.30. The van der Waals surface area contributed by atoms with E-state index in [1.807, 2.05) is 0 Å². The number of rotatable bonds is 4. The molecule has 0 spiro atoms. The maximum absolute atomic E-state index is 2.56. The van der Waals surface area contributed by atoms with Gasteiger partial charge in [0.15, 0.2) is 0 Å². The van der Waals surface area contributed by atoms with E-state index in [4.69, 9.17) is 0 Å². The van der Waals surface area contributed by atoms with Gasteiger partial charge in [-0.25, -0.2) is 0 Å². The molecule has 3 aliphatic carbocycles. The summed E-state index contributed by atoms with van der Waals surface area (Å²) in [6.45, 7) is 13.5. The van der Waals surface area contributed by atoms with Crippen molar-refractivity contribution in [2.45, 2.75) is 72.6 Å². The van der Waals surface area contributed by atoms with Gasteiger partial charge in [-0.2, -0.15) is 0 Å². The Balaban J connectivity index is 1.39. The summed E-state index contributed by atoms with van der Waals surface area (Å²) in [5.74, 6) is 0. The molecule has 0 amide bonds. The zero-order valence-electron chi connectivity index (χ0n) is 28.6. The second kappa shape index (κ2) is 10.2. The van der Waals surface area contributed by atoms with Gasteiger partial charge in [-0.05, 0) is 180 Å². The topological polar surface area (TPSA) is 0 Å². The summed E-state index contributed by atoms with van der Waals surface area (Å²) in [6, 6.07) is 38.9. The van der Waals surface area contributed by atoms with Crippen LogP contribution in [0.15, 0.2) is 97.1 Å². The summed E-state index contributed by atoms with van der Waals surface area (Å²) in [4.78, 5) is 0. The van der Waals surface area contributed by atoms with Gasteiger partial charge in [0.05, 0.1) is 5.41 Å². The van der Waals surface area contributed by atoms with E-state index in [9.17, 15) is 0 Å². The molecular formula is C47H42. The SMILES string of the molecule is Cc1cc(C)c(-c2ccc3c(c2)C(c2ccc4c(c2)CC4)(c2ccc4c(c2)CC4)c2cc(-c4c(C)cc(C)cc4C)ccc2-3)c(C)c1. The van der Waals surface area contributed by atoms with Gasteiger partial charge in [0.1, 0.15) is 0 Å². The molecule has 47 heavy (non-hydrogen) atoms. The second-order valence-electron chi connectivity index (χ2n) is 14.8. The van der Waals surface area contributed by atoms with Gasteiger partial charge >= 0.3 is 0 Å². The van der Waals surface area contributed by atoms with Gasteiger partial charge in [-0.15, -0.1) is 0 Å². The first-order valence-corrected chi connectivity index (χ1v) is 17.4. The summed E-state index contributed by atoms with van der Waals surface area (Å²) in [5, 5.41) is 0. The van der Waals surface area contributed by atoms with Crippen LogP contribution in [0.1, 0.15) is 77.9 Å². The summed E-state index contributed by atoms with van der Waals surface area (Å²) < 4.78 is 0. The van der Waals surface area contributed by atoms with E-state index < -0.39 is 5.41 Å². The Hall–Kier alpha value is -4.68. The van der Waals surface area contributed by atoms with Crippen molar-refractivity contribution in [3.63, 3.8) is 0 Å². The van der Waals surface area contributed by atoms with Gasteiger partial charge in [0, 0.05) is 0 Å². The molecule has 0 fully saturated rings. The number of benzene rings is 6. The van der Waals surface area contributed by atoms with Crippen LogP contribution in [-0.2, 0) is 31.1 Å². The fourth-order valence-electron chi connectivity index (χ4n) is 9.55. The molecule has 6 aromatic carbocycles. The Morgan fingerprint density at radius 3 is 1.11 bits per heavy atom. The van der Waals surface area contributed by atoms with E-state index in [-0.39, 0.29) is 0 Å². The highest BCUT2D eigenvalue weighted by atomic mass is 14.5. The maximum atomic E-state index is 2.56. The molecule has 3 aliphatic rings. The van der Waals surface area contributed by atoms with E-state index >= 15 is 0 Å². The maximum Gasteiger partial charge on any atom is 0.0714 e. The largest absolute Gasteiger partial charge is 0.0714 e. The van der Waals surface area contributed by atoms with Crippen molar-refractivity contribution in [3.05, 3.63) is 175 Å². The Bertz CT molecular complexity index is 2100. The van der Waals surface area contributed by atoms with Crippen LogP contribution in [-0.4, -0.2) is 0 Å². The fourth-order valence-corrected chi connectivity index (χ4v) is 9.55. The molecule has 0 bridgehead atoms. The first-order chi connectivity index (χ1) is 22.7. The van der Waals surface area contributed by atoms with Crippen LogP contribution in [0.4, 0.5) is 0 Å². The van der Waals surface area contributed by atoms with Gasteiger partial charge < -0.3 is 0 Å². The molecular weight excluding hydrogens is 565 g/mol. The quantitative estimate of drug-likeness (QED) is 0.187. The van der Waals surface area contributed by atoms with Crippen LogP contribution in [0.25, 0.3) is 33.4 Å². The van der Waals surface area contributed by atoms with Crippen LogP contribution in [0.5, 0.6) is 0 Å². The standard InChI is InChI=1S/C47H42/c1-27-19-29(3)45(30(4)20-27)37-13-17-41-42-18-14-38(46-31(5)21-28(2)22-32(46)6)26-44(42)47(43(41)25-37,39-15-11-33-7-9-35(33)23-39)40-16-12-34-8-10-36(34)24-40/h11-26H,7-10H2,1-6H3.